The lowest BCUT2D eigenvalue weighted by atomic mass is 10.0. The second kappa shape index (κ2) is 3.93. The Morgan fingerprint density at radius 1 is 1.20 bits per heavy atom. The Morgan fingerprint density at radius 2 is 1.85 bits per heavy atom. The maximum absolute atomic E-state index is 13.7. The largest absolute Gasteiger partial charge is 0.397 e. The maximum Gasteiger partial charge on any atom is 0.228 e. The van der Waals surface area contributed by atoms with Gasteiger partial charge >= 0.3 is 0 Å². The van der Waals surface area contributed by atoms with Crippen molar-refractivity contribution in [1.82, 2.24) is 0 Å². The number of hydrogen-bond acceptors (Lipinski definition) is 2. The van der Waals surface area contributed by atoms with Gasteiger partial charge < -0.3 is 11.1 Å². The van der Waals surface area contributed by atoms with Gasteiger partial charge in [0, 0.05) is 12.0 Å². The Labute approximate surface area is 115 Å². The molecule has 3 aliphatic rings. The monoisotopic (exact) mass is 278 g/mol. The molecule has 4 rings (SSSR count). The minimum atomic E-state index is -0.815. The van der Waals surface area contributed by atoms with Gasteiger partial charge in [0.1, 0.15) is 11.5 Å². The highest BCUT2D eigenvalue weighted by Gasteiger charge is 2.67. The average Bonchev–Trinajstić information content (AvgIpc) is 2.82. The van der Waals surface area contributed by atoms with Crippen LogP contribution in [0.1, 0.15) is 19.3 Å². The van der Waals surface area contributed by atoms with Crippen LogP contribution in [-0.4, -0.2) is 5.91 Å². The van der Waals surface area contributed by atoms with Gasteiger partial charge in [0.05, 0.1) is 5.69 Å². The normalized spacial score (nSPS) is 36.8. The Hall–Kier alpha value is -1.65. The van der Waals surface area contributed by atoms with Crippen LogP contribution in [-0.2, 0) is 4.79 Å². The molecular weight excluding hydrogens is 262 g/mol. The van der Waals surface area contributed by atoms with Gasteiger partial charge in [0.25, 0.3) is 0 Å². The SMILES string of the molecule is Nc1cc(F)cc(F)c1NC(=O)C1C2C3CCC(C3)C12. The summed E-state index contributed by atoms with van der Waals surface area (Å²) in [6, 6.07) is 1.76. The fourth-order valence-corrected chi connectivity index (χ4v) is 4.61. The number of carbonyl (C=O) groups is 1. The number of nitrogens with one attached hydrogen (secondary N) is 1. The van der Waals surface area contributed by atoms with E-state index < -0.39 is 11.6 Å². The Bertz CT molecular complexity index is 565. The number of anilines is 2. The molecule has 1 aromatic carbocycles. The van der Waals surface area contributed by atoms with Crippen molar-refractivity contribution in [3.05, 3.63) is 23.8 Å². The third-order valence-electron chi connectivity index (χ3n) is 5.37. The van der Waals surface area contributed by atoms with Crippen LogP contribution in [0.5, 0.6) is 0 Å². The number of fused-ring (bicyclic) bond motifs is 5. The molecule has 4 unspecified atom stereocenters. The van der Waals surface area contributed by atoms with Gasteiger partial charge in [-0.2, -0.15) is 0 Å². The molecular formula is C15H16F2N2O. The summed E-state index contributed by atoms with van der Waals surface area (Å²) in [6.07, 6.45) is 3.71. The second-order valence-electron chi connectivity index (χ2n) is 6.35. The number of benzene rings is 1. The van der Waals surface area contributed by atoms with Crippen molar-refractivity contribution in [2.75, 3.05) is 11.1 Å². The fraction of sp³-hybridized carbons (Fsp3) is 0.533. The molecule has 0 saturated heterocycles. The zero-order chi connectivity index (χ0) is 14.0. The quantitative estimate of drug-likeness (QED) is 0.817. The lowest BCUT2D eigenvalue weighted by Gasteiger charge is -2.12. The van der Waals surface area contributed by atoms with Gasteiger partial charge in [-0.05, 0) is 49.0 Å². The van der Waals surface area contributed by atoms with Crippen LogP contribution in [0.2, 0.25) is 0 Å². The van der Waals surface area contributed by atoms with E-state index in [1.165, 1.54) is 19.3 Å². The molecule has 1 amide bonds. The molecule has 3 nitrogen and oxygen atoms in total. The number of hydrogen-bond donors (Lipinski definition) is 2. The number of nitrogen functional groups attached to an aromatic ring is 1. The summed E-state index contributed by atoms with van der Waals surface area (Å²) in [6.45, 7) is 0. The van der Waals surface area contributed by atoms with Crippen molar-refractivity contribution < 1.29 is 13.6 Å². The van der Waals surface area contributed by atoms with E-state index in [-0.39, 0.29) is 23.2 Å². The van der Waals surface area contributed by atoms with Crippen LogP contribution in [0.3, 0.4) is 0 Å². The molecule has 0 heterocycles. The van der Waals surface area contributed by atoms with Gasteiger partial charge in [-0.25, -0.2) is 8.78 Å². The summed E-state index contributed by atoms with van der Waals surface area (Å²) in [5.74, 6) is 0.618. The third-order valence-corrected chi connectivity index (χ3v) is 5.37. The Kier molecular flexibility index (Phi) is 2.38. The minimum Gasteiger partial charge on any atom is -0.397 e. The number of rotatable bonds is 2. The molecule has 20 heavy (non-hydrogen) atoms. The zero-order valence-corrected chi connectivity index (χ0v) is 10.9. The summed E-state index contributed by atoms with van der Waals surface area (Å²) in [5.41, 5.74) is 5.42. The summed E-state index contributed by atoms with van der Waals surface area (Å²) < 4.78 is 26.7. The van der Waals surface area contributed by atoms with Crippen LogP contribution in [0.15, 0.2) is 12.1 Å². The van der Waals surface area contributed by atoms with E-state index >= 15 is 0 Å². The molecule has 106 valence electrons. The van der Waals surface area contributed by atoms with Crippen LogP contribution in [0.4, 0.5) is 20.2 Å². The van der Waals surface area contributed by atoms with E-state index in [4.69, 9.17) is 5.73 Å². The highest BCUT2D eigenvalue weighted by Crippen LogP contribution is 2.69. The van der Waals surface area contributed by atoms with E-state index in [1.807, 2.05) is 0 Å². The Morgan fingerprint density at radius 3 is 2.45 bits per heavy atom. The van der Waals surface area contributed by atoms with Crippen molar-refractivity contribution in [1.29, 1.82) is 0 Å². The van der Waals surface area contributed by atoms with Crippen LogP contribution in [0.25, 0.3) is 0 Å². The number of halogens is 2. The topological polar surface area (TPSA) is 55.1 Å². The van der Waals surface area contributed by atoms with Crippen molar-refractivity contribution in [2.24, 2.45) is 29.6 Å². The van der Waals surface area contributed by atoms with Gasteiger partial charge in [-0.3, -0.25) is 4.79 Å². The smallest absolute Gasteiger partial charge is 0.228 e. The number of carbonyl (C=O) groups excluding carboxylic acids is 1. The summed E-state index contributed by atoms with van der Waals surface area (Å²) in [5, 5.41) is 2.56. The molecule has 0 aliphatic heterocycles. The zero-order valence-electron chi connectivity index (χ0n) is 10.9. The lowest BCUT2D eigenvalue weighted by Crippen LogP contribution is -2.20. The first kappa shape index (κ1) is 12.1. The summed E-state index contributed by atoms with van der Waals surface area (Å²) in [4.78, 5) is 12.3. The van der Waals surface area contributed by atoms with Crippen molar-refractivity contribution in [2.45, 2.75) is 19.3 Å². The predicted molar refractivity (Wildman–Crippen MR) is 70.7 cm³/mol. The summed E-state index contributed by atoms with van der Waals surface area (Å²) in [7, 11) is 0. The Balaban J connectivity index is 1.52. The van der Waals surface area contributed by atoms with E-state index in [1.54, 1.807) is 0 Å². The van der Waals surface area contributed by atoms with E-state index in [0.29, 0.717) is 23.7 Å². The predicted octanol–water partition coefficient (Wildman–Crippen LogP) is 2.78. The number of nitrogens with two attached hydrogens (primary N) is 1. The average molecular weight is 278 g/mol. The van der Waals surface area contributed by atoms with E-state index in [2.05, 4.69) is 5.32 Å². The maximum atomic E-state index is 13.7. The van der Waals surface area contributed by atoms with Crippen LogP contribution < -0.4 is 11.1 Å². The molecule has 3 N–H and O–H groups in total. The standard InChI is InChI=1S/C15H16F2N2O/c16-8-4-9(17)14(10(18)5-8)19-15(20)13-11-6-1-2-7(3-6)12(11)13/h4-7,11-13H,1-3,18H2,(H,19,20). The molecule has 3 fully saturated rings. The van der Waals surface area contributed by atoms with E-state index in [9.17, 15) is 13.6 Å². The van der Waals surface area contributed by atoms with Gasteiger partial charge in [0.2, 0.25) is 5.91 Å². The van der Waals surface area contributed by atoms with Gasteiger partial charge in [0.15, 0.2) is 5.82 Å². The molecule has 0 radical (unpaired) electrons. The first-order valence-electron chi connectivity index (χ1n) is 7.11. The highest BCUT2D eigenvalue weighted by molar-refractivity contribution is 5.97. The van der Waals surface area contributed by atoms with Crippen molar-refractivity contribution in [3.8, 4) is 0 Å². The van der Waals surface area contributed by atoms with Gasteiger partial charge in [-0.15, -0.1) is 0 Å². The van der Waals surface area contributed by atoms with Crippen LogP contribution in [0, 0.1) is 41.2 Å². The number of amides is 1. The van der Waals surface area contributed by atoms with Crippen LogP contribution >= 0.6 is 0 Å². The molecule has 0 aromatic heterocycles. The first-order chi connectivity index (χ1) is 9.56. The van der Waals surface area contributed by atoms with Crippen molar-refractivity contribution >= 4 is 17.3 Å². The molecule has 2 bridgehead atoms. The fourth-order valence-electron chi connectivity index (χ4n) is 4.61. The molecule has 1 aromatic rings. The second-order valence-corrected chi connectivity index (χ2v) is 6.35. The third kappa shape index (κ3) is 1.58. The first-order valence-corrected chi connectivity index (χ1v) is 7.11. The molecule has 4 atom stereocenters. The molecule has 3 aliphatic carbocycles. The molecule has 0 spiro atoms. The lowest BCUT2D eigenvalue weighted by molar-refractivity contribution is -0.118. The highest BCUT2D eigenvalue weighted by atomic mass is 19.1. The molecule has 5 heteroatoms. The van der Waals surface area contributed by atoms with Crippen molar-refractivity contribution in [3.63, 3.8) is 0 Å². The summed E-state index contributed by atoms with van der Waals surface area (Å²) >= 11 is 0. The van der Waals surface area contributed by atoms with Gasteiger partial charge in [-0.1, -0.05) is 0 Å². The molecule has 3 saturated carbocycles. The van der Waals surface area contributed by atoms with E-state index in [0.717, 1.165) is 12.1 Å². The minimum absolute atomic E-state index is 0.00473.